The van der Waals surface area contributed by atoms with E-state index in [1.807, 2.05) is 6.07 Å². The average molecular weight is 209 g/mol. The Hall–Kier alpha value is -1.61. The van der Waals surface area contributed by atoms with Gasteiger partial charge in [0, 0.05) is 5.75 Å². The number of hydrogen-bond donors (Lipinski definition) is 1. The predicted octanol–water partition coefficient (Wildman–Crippen LogP) is 0.915. The molecule has 0 atom stereocenters. The third-order valence-electron chi connectivity index (χ3n) is 1.36. The first kappa shape index (κ1) is 10.5. The SMILES string of the molecule is N#Cc1ccnnc1SCCC(=O)O. The van der Waals surface area contributed by atoms with E-state index in [4.69, 9.17) is 10.4 Å². The van der Waals surface area contributed by atoms with E-state index in [-0.39, 0.29) is 6.42 Å². The standard InChI is InChI=1S/C8H7N3O2S/c9-5-6-1-3-10-11-8(6)14-4-2-7(12)13/h1,3H,2,4H2,(H,12,13). The molecule has 5 nitrogen and oxygen atoms in total. The first-order valence-electron chi connectivity index (χ1n) is 3.80. The van der Waals surface area contributed by atoms with Crippen molar-refractivity contribution in [2.24, 2.45) is 0 Å². The Morgan fingerprint density at radius 2 is 2.50 bits per heavy atom. The van der Waals surface area contributed by atoms with Crippen LogP contribution in [0.5, 0.6) is 0 Å². The van der Waals surface area contributed by atoms with E-state index >= 15 is 0 Å². The summed E-state index contributed by atoms with van der Waals surface area (Å²) in [5.74, 6) is -0.470. The molecule has 14 heavy (non-hydrogen) atoms. The van der Waals surface area contributed by atoms with E-state index in [1.54, 1.807) is 6.07 Å². The van der Waals surface area contributed by atoms with Crippen molar-refractivity contribution >= 4 is 17.7 Å². The van der Waals surface area contributed by atoms with Gasteiger partial charge < -0.3 is 5.11 Å². The summed E-state index contributed by atoms with van der Waals surface area (Å²) in [6.45, 7) is 0. The molecule has 0 aliphatic heterocycles. The first-order valence-corrected chi connectivity index (χ1v) is 4.79. The summed E-state index contributed by atoms with van der Waals surface area (Å²) in [5.41, 5.74) is 0.426. The van der Waals surface area contributed by atoms with Crippen molar-refractivity contribution in [3.8, 4) is 6.07 Å². The third-order valence-corrected chi connectivity index (χ3v) is 2.35. The number of rotatable bonds is 4. The Balaban J connectivity index is 2.59. The molecule has 0 saturated carbocycles. The van der Waals surface area contributed by atoms with Gasteiger partial charge in [-0.25, -0.2) is 0 Å². The van der Waals surface area contributed by atoms with E-state index in [2.05, 4.69) is 10.2 Å². The van der Waals surface area contributed by atoms with E-state index in [1.165, 1.54) is 18.0 Å². The molecule has 0 unspecified atom stereocenters. The summed E-state index contributed by atoms with van der Waals surface area (Å²) in [5, 5.41) is 24.9. The molecule has 1 heterocycles. The van der Waals surface area contributed by atoms with Gasteiger partial charge >= 0.3 is 5.97 Å². The van der Waals surface area contributed by atoms with Crippen LogP contribution >= 0.6 is 11.8 Å². The number of nitriles is 1. The number of aromatic nitrogens is 2. The Labute approximate surface area is 84.8 Å². The lowest BCUT2D eigenvalue weighted by Gasteiger charge is -1.98. The maximum absolute atomic E-state index is 10.2. The van der Waals surface area contributed by atoms with Crippen molar-refractivity contribution in [3.05, 3.63) is 17.8 Å². The summed E-state index contributed by atoms with van der Waals surface area (Å²) in [4.78, 5) is 10.2. The highest BCUT2D eigenvalue weighted by Crippen LogP contribution is 2.18. The molecule has 0 saturated heterocycles. The second kappa shape index (κ2) is 5.19. The van der Waals surface area contributed by atoms with Gasteiger partial charge in [-0.3, -0.25) is 4.79 Å². The van der Waals surface area contributed by atoms with Crippen LogP contribution in [0.25, 0.3) is 0 Å². The molecule has 72 valence electrons. The van der Waals surface area contributed by atoms with Crippen molar-refractivity contribution in [1.29, 1.82) is 5.26 Å². The first-order chi connectivity index (χ1) is 6.74. The van der Waals surface area contributed by atoms with Gasteiger partial charge in [-0.2, -0.15) is 10.4 Å². The number of carboxylic acids is 1. The Bertz CT molecular complexity index is 375. The molecule has 0 bridgehead atoms. The molecule has 1 aromatic heterocycles. The Morgan fingerprint density at radius 1 is 1.71 bits per heavy atom. The summed E-state index contributed by atoms with van der Waals surface area (Å²) < 4.78 is 0. The Kier molecular flexibility index (Phi) is 3.88. The highest BCUT2D eigenvalue weighted by molar-refractivity contribution is 7.99. The molecule has 6 heteroatoms. The molecule has 0 fully saturated rings. The molecule has 1 N–H and O–H groups in total. The highest BCUT2D eigenvalue weighted by atomic mass is 32.2. The van der Waals surface area contributed by atoms with Gasteiger partial charge in [0.05, 0.1) is 18.2 Å². The van der Waals surface area contributed by atoms with E-state index in [0.29, 0.717) is 16.3 Å². The zero-order valence-electron chi connectivity index (χ0n) is 7.17. The van der Waals surface area contributed by atoms with Crippen LogP contribution in [-0.2, 0) is 4.79 Å². The van der Waals surface area contributed by atoms with Crippen molar-refractivity contribution in [3.63, 3.8) is 0 Å². The normalized spacial score (nSPS) is 9.36. The van der Waals surface area contributed by atoms with Gasteiger partial charge in [-0.15, -0.1) is 16.9 Å². The minimum Gasteiger partial charge on any atom is -0.481 e. The molecule has 0 aromatic carbocycles. The maximum atomic E-state index is 10.2. The number of thioether (sulfide) groups is 1. The van der Waals surface area contributed by atoms with Gasteiger partial charge in [0.1, 0.15) is 11.1 Å². The molecule has 1 rings (SSSR count). The fourth-order valence-electron chi connectivity index (χ4n) is 0.746. The van der Waals surface area contributed by atoms with Crippen molar-refractivity contribution in [2.75, 3.05) is 5.75 Å². The monoisotopic (exact) mass is 209 g/mol. The molecular formula is C8H7N3O2S. The number of carbonyl (C=O) groups is 1. The predicted molar refractivity (Wildman–Crippen MR) is 49.7 cm³/mol. The summed E-state index contributed by atoms with van der Waals surface area (Å²) in [7, 11) is 0. The van der Waals surface area contributed by atoms with Gasteiger partial charge in [-0.1, -0.05) is 0 Å². The summed E-state index contributed by atoms with van der Waals surface area (Å²) in [6.07, 6.45) is 1.48. The van der Waals surface area contributed by atoms with Crippen molar-refractivity contribution < 1.29 is 9.90 Å². The molecular weight excluding hydrogens is 202 g/mol. The lowest BCUT2D eigenvalue weighted by Crippen LogP contribution is -1.97. The highest BCUT2D eigenvalue weighted by Gasteiger charge is 2.05. The van der Waals surface area contributed by atoms with Gasteiger partial charge in [0.2, 0.25) is 0 Å². The Morgan fingerprint density at radius 3 is 3.14 bits per heavy atom. The van der Waals surface area contributed by atoms with Gasteiger partial charge in [0.25, 0.3) is 0 Å². The second-order valence-electron chi connectivity index (χ2n) is 2.35. The maximum Gasteiger partial charge on any atom is 0.304 e. The van der Waals surface area contributed by atoms with Crippen LogP contribution in [0.2, 0.25) is 0 Å². The van der Waals surface area contributed by atoms with E-state index in [9.17, 15) is 4.79 Å². The molecule has 1 aromatic rings. The fourth-order valence-corrected chi connectivity index (χ4v) is 1.59. The number of carboxylic acid groups (broad SMARTS) is 1. The van der Waals surface area contributed by atoms with Crippen LogP contribution in [0.15, 0.2) is 17.3 Å². The molecule has 0 radical (unpaired) electrons. The van der Waals surface area contributed by atoms with Crippen molar-refractivity contribution in [2.45, 2.75) is 11.4 Å². The van der Waals surface area contributed by atoms with E-state index < -0.39 is 5.97 Å². The summed E-state index contributed by atoms with van der Waals surface area (Å²) >= 11 is 1.22. The third kappa shape index (κ3) is 3.03. The molecule has 0 aliphatic carbocycles. The topological polar surface area (TPSA) is 86.9 Å². The van der Waals surface area contributed by atoms with Gasteiger partial charge in [-0.05, 0) is 6.07 Å². The lowest BCUT2D eigenvalue weighted by atomic mass is 10.3. The molecule has 0 spiro atoms. The lowest BCUT2D eigenvalue weighted by molar-refractivity contribution is -0.136. The minimum absolute atomic E-state index is 0.0477. The van der Waals surface area contributed by atoms with Crippen LogP contribution in [-0.4, -0.2) is 27.0 Å². The number of aliphatic carboxylic acids is 1. The zero-order valence-corrected chi connectivity index (χ0v) is 7.99. The van der Waals surface area contributed by atoms with Gasteiger partial charge in [0.15, 0.2) is 0 Å². The van der Waals surface area contributed by atoms with E-state index in [0.717, 1.165) is 0 Å². The molecule has 0 amide bonds. The van der Waals surface area contributed by atoms with Crippen molar-refractivity contribution in [1.82, 2.24) is 10.2 Å². The van der Waals surface area contributed by atoms with Crippen LogP contribution in [0, 0.1) is 11.3 Å². The smallest absolute Gasteiger partial charge is 0.304 e. The summed E-state index contributed by atoms with van der Waals surface area (Å²) in [6, 6.07) is 3.51. The second-order valence-corrected chi connectivity index (χ2v) is 3.44. The number of hydrogen-bond acceptors (Lipinski definition) is 5. The largest absolute Gasteiger partial charge is 0.481 e. The van der Waals surface area contributed by atoms with Crippen LogP contribution < -0.4 is 0 Å². The zero-order chi connectivity index (χ0) is 10.4. The quantitative estimate of drug-likeness (QED) is 0.742. The molecule has 0 aliphatic rings. The number of nitrogens with zero attached hydrogens (tertiary/aromatic N) is 3. The average Bonchev–Trinajstić information content (AvgIpc) is 2.18. The van der Waals surface area contributed by atoms with Crippen LogP contribution in [0.4, 0.5) is 0 Å². The minimum atomic E-state index is -0.861. The van der Waals surface area contributed by atoms with Crippen LogP contribution in [0.1, 0.15) is 12.0 Å². The van der Waals surface area contributed by atoms with Crippen LogP contribution in [0.3, 0.4) is 0 Å². The fraction of sp³-hybridized carbons (Fsp3) is 0.250.